The summed E-state index contributed by atoms with van der Waals surface area (Å²) in [5.74, 6) is 0.648. The van der Waals surface area contributed by atoms with Crippen LogP contribution in [0.25, 0.3) is 0 Å². The van der Waals surface area contributed by atoms with E-state index >= 15 is 0 Å². The van der Waals surface area contributed by atoms with Crippen LogP contribution in [0.4, 0.5) is 5.69 Å². The van der Waals surface area contributed by atoms with Gasteiger partial charge in [-0.15, -0.1) is 0 Å². The second-order valence-electron chi connectivity index (χ2n) is 7.27. The molecule has 174 valence electrons. The molecule has 0 aromatic heterocycles. The first-order chi connectivity index (χ1) is 15.7. The first-order valence-corrected chi connectivity index (χ1v) is 11.9. The Balaban J connectivity index is 1.82. The molecule has 0 unspecified atom stereocenters. The zero-order valence-electron chi connectivity index (χ0n) is 18.5. The molecule has 0 bridgehead atoms. The Kier molecular flexibility index (Phi) is 7.84. The molecular weight excluding hydrogens is 464 g/mol. The molecule has 3 rings (SSSR count). The summed E-state index contributed by atoms with van der Waals surface area (Å²) in [6.07, 6.45) is 0. The molecule has 33 heavy (non-hydrogen) atoms. The van der Waals surface area contributed by atoms with Crippen molar-refractivity contribution >= 4 is 33.2 Å². The average Bonchev–Trinajstić information content (AvgIpc) is 2.81. The summed E-state index contributed by atoms with van der Waals surface area (Å²) in [6.45, 7) is 1.67. The van der Waals surface area contributed by atoms with Crippen LogP contribution in [0.1, 0.15) is 11.1 Å². The van der Waals surface area contributed by atoms with Gasteiger partial charge in [0.1, 0.15) is 6.54 Å². The average molecular weight is 489 g/mol. The Morgan fingerprint density at radius 1 is 0.939 bits per heavy atom. The van der Waals surface area contributed by atoms with Gasteiger partial charge in [0.05, 0.1) is 24.8 Å². The van der Waals surface area contributed by atoms with Gasteiger partial charge in [-0.2, -0.15) is 0 Å². The van der Waals surface area contributed by atoms with E-state index in [1.54, 1.807) is 61.7 Å². The summed E-state index contributed by atoms with van der Waals surface area (Å²) in [5, 5.41) is 3.23. The van der Waals surface area contributed by atoms with Gasteiger partial charge in [-0.3, -0.25) is 9.10 Å². The molecule has 1 N–H and O–H groups in total. The smallest absolute Gasteiger partial charge is 0.264 e. The van der Waals surface area contributed by atoms with Crippen LogP contribution in [0.5, 0.6) is 11.5 Å². The van der Waals surface area contributed by atoms with Crippen molar-refractivity contribution in [2.75, 3.05) is 25.1 Å². The monoisotopic (exact) mass is 488 g/mol. The SMILES string of the molecule is COc1ccc(CNC(=O)CN(c2ccc(Cl)cc2)S(=O)(=O)c2ccc(C)cc2)cc1OC. The molecular formula is C24H25ClN2O5S. The van der Waals surface area contributed by atoms with Crippen molar-refractivity contribution in [1.82, 2.24) is 5.32 Å². The van der Waals surface area contributed by atoms with Crippen LogP contribution in [0.3, 0.4) is 0 Å². The third kappa shape index (κ3) is 5.97. The highest BCUT2D eigenvalue weighted by atomic mass is 35.5. The zero-order valence-corrected chi connectivity index (χ0v) is 20.1. The van der Waals surface area contributed by atoms with Gasteiger partial charge >= 0.3 is 0 Å². The third-order valence-corrected chi connectivity index (χ3v) is 6.99. The van der Waals surface area contributed by atoms with Crippen LogP contribution in [-0.4, -0.2) is 35.1 Å². The number of methoxy groups -OCH3 is 2. The van der Waals surface area contributed by atoms with E-state index in [0.717, 1.165) is 15.4 Å². The summed E-state index contributed by atoms with van der Waals surface area (Å²) in [7, 11) is -0.920. The number of nitrogens with one attached hydrogen (secondary N) is 1. The van der Waals surface area contributed by atoms with Crippen molar-refractivity contribution in [2.45, 2.75) is 18.4 Å². The number of carbonyl (C=O) groups is 1. The van der Waals surface area contributed by atoms with Crippen molar-refractivity contribution in [3.05, 3.63) is 82.9 Å². The molecule has 0 atom stereocenters. The Morgan fingerprint density at radius 2 is 1.58 bits per heavy atom. The first-order valence-electron chi connectivity index (χ1n) is 10.1. The summed E-state index contributed by atoms with van der Waals surface area (Å²) >= 11 is 5.97. The molecule has 3 aromatic carbocycles. The summed E-state index contributed by atoms with van der Waals surface area (Å²) in [4.78, 5) is 12.9. The number of aryl methyl sites for hydroxylation is 1. The lowest BCUT2D eigenvalue weighted by molar-refractivity contribution is -0.119. The van der Waals surface area contributed by atoms with Gasteiger partial charge in [-0.25, -0.2) is 8.42 Å². The van der Waals surface area contributed by atoms with Crippen LogP contribution < -0.4 is 19.1 Å². The van der Waals surface area contributed by atoms with Gasteiger partial charge < -0.3 is 14.8 Å². The van der Waals surface area contributed by atoms with Crippen LogP contribution in [0.15, 0.2) is 71.6 Å². The van der Waals surface area contributed by atoms with Crippen molar-refractivity contribution in [3.63, 3.8) is 0 Å². The summed E-state index contributed by atoms with van der Waals surface area (Å²) in [5.41, 5.74) is 2.04. The topological polar surface area (TPSA) is 84.9 Å². The lowest BCUT2D eigenvalue weighted by Gasteiger charge is -2.24. The number of hydrogen-bond acceptors (Lipinski definition) is 5. The second kappa shape index (κ2) is 10.6. The quantitative estimate of drug-likeness (QED) is 0.488. The van der Waals surface area contributed by atoms with Gasteiger partial charge in [0.25, 0.3) is 10.0 Å². The molecule has 0 radical (unpaired) electrons. The lowest BCUT2D eigenvalue weighted by Crippen LogP contribution is -2.40. The fraction of sp³-hybridized carbons (Fsp3) is 0.208. The predicted molar refractivity (Wildman–Crippen MR) is 129 cm³/mol. The zero-order chi connectivity index (χ0) is 24.0. The lowest BCUT2D eigenvalue weighted by atomic mass is 10.2. The van der Waals surface area contributed by atoms with Crippen LogP contribution in [0, 0.1) is 6.92 Å². The Bertz CT molecular complexity index is 1210. The minimum atomic E-state index is -3.99. The minimum Gasteiger partial charge on any atom is -0.493 e. The number of anilines is 1. The molecule has 0 aliphatic rings. The molecule has 0 saturated heterocycles. The number of rotatable bonds is 9. The number of sulfonamides is 1. The van der Waals surface area contributed by atoms with E-state index < -0.39 is 22.5 Å². The predicted octanol–water partition coefficient (Wildman–Crippen LogP) is 4.18. The van der Waals surface area contributed by atoms with E-state index in [1.165, 1.54) is 19.2 Å². The van der Waals surface area contributed by atoms with Crippen LogP contribution in [0.2, 0.25) is 5.02 Å². The van der Waals surface area contributed by atoms with Crippen molar-refractivity contribution in [2.24, 2.45) is 0 Å². The van der Waals surface area contributed by atoms with Gasteiger partial charge in [-0.05, 0) is 61.0 Å². The van der Waals surface area contributed by atoms with Crippen molar-refractivity contribution in [3.8, 4) is 11.5 Å². The van der Waals surface area contributed by atoms with E-state index in [0.29, 0.717) is 22.2 Å². The van der Waals surface area contributed by atoms with Crippen molar-refractivity contribution in [1.29, 1.82) is 0 Å². The van der Waals surface area contributed by atoms with E-state index in [-0.39, 0.29) is 11.4 Å². The molecule has 0 aliphatic heterocycles. The van der Waals surface area contributed by atoms with Crippen LogP contribution >= 0.6 is 11.6 Å². The normalized spacial score (nSPS) is 11.0. The highest BCUT2D eigenvalue weighted by molar-refractivity contribution is 7.92. The minimum absolute atomic E-state index is 0.0933. The fourth-order valence-electron chi connectivity index (χ4n) is 3.14. The standard InChI is InChI=1S/C24H25ClN2O5S/c1-17-4-11-21(12-5-17)33(29,30)27(20-9-7-19(25)8-10-20)16-24(28)26-15-18-6-13-22(31-2)23(14-18)32-3/h4-14H,15-16H2,1-3H3,(H,26,28). The number of halogens is 1. The van der Waals surface area contributed by atoms with Gasteiger partial charge in [0.2, 0.25) is 5.91 Å². The number of ether oxygens (including phenoxy) is 2. The molecule has 0 spiro atoms. The molecule has 3 aromatic rings. The maximum atomic E-state index is 13.4. The fourth-order valence-corrected chi connectivity index (χ4v) is 4.68. The van der Waals surface area contributed by atoms with Gasteiger partial charge in [0.15, 0.2) is 11.5 Å². The Hall–Kier alpha value is -3.23. The van der Waals surface area contributed by atoms with Crippen molar-refractivity contribution < 1.29 is 22.7 Å². The number of hydrogen-bond donors (Lipinski definition) is 1. The second-order valence-corrected chi connectivity index (χ2v) is 9.57. The van der Waals surface area contributed by atoms with Gasteiger partial charge in [-0.1, -0.05) is 35.4 Å². The number of nitrogens with zero attached hydrogens (tertiary/aromatic N) is 1. The largest absolute Gasteiger partial charge is 0.493 e. The number of amides is 1. The molecule has 0 heterocycles. The molecule has 0 aliphatic carbocycles. The molecule has 0 saturated carbocycles. The Labute approximate surface area is 198 Å². The first kappa shape index (κ1) is 24.4. The maximum Gasteiger partial charge on any atom is 0.264 e. The highest BCUT2D eigenvalue weighted by Gasteiger charge is 2.27. The molecule has 7 nitrogen and oxygen atoms in total. The van der Waals surface area contributed by atoms with E-state index in [1.807, 2.05) is 6.92 Å². The molecule has 0 fully saturated rings. The summed E-state index contributed by atoms with van der Waals surface area (Å²) in [6, 6.07) is 18.0. The summed E-state index contributed by atoms with van der Waals surface area (Å²) < 4.78 is 38.3. The number of carbonyl (C=O) groups excluding carboxylic acids is 1. The number of benzene rings is 3. The van der Waals surface area contributed by atoms with E-state index in [2.05, 4.69) is 5.32 Å². The third-order valence-electron chi connectivity index (χ3n) is 4.95. The Morgan fingerprint density at radius 3 is 2.18 bits per heavy atom. The van der Waals surface area contributed by atoms with Gasteiger partial charge in [0, 0.05) is 11.6 Å². The molecule has 1 amide bonds. The maximum absolute atomic E-state index is 13.4. The molecule has 9 heteroatoms. The van der Waals surface area contributed by atoms with Crippen LogP contribution in [-0.2, 0) is 21.4 Å². The van der Waals surface area contributed by atoms with E-state index in [9.17, 15) is 13.2 Å². The van der Waals surface area contributed by atoms with E-state index in [4.69, 9.17) is 21.1 Å². The highest BCUT2D eigenvalue weighted by Crippen LogP contribution is 2.28.